The van der Waals surface area contributed by atoms with Gasteiger partial charge in [0.15, 0.2) is 0 Å². The van der Waals surface area contributed by atoms with Gasteiger partial charge in [-0.2, -0.15) is 5.10 Å². The van der Waals surface area contributed by atoms with E-state index in [0.29, 0.717) is 31.0 Å². The van der Waals surface area contributed by atoms with Gasteiger partial charge < -0.3 is 10.2 Å². The molecule has 1 aliphatic rings. The van der Waals surface area contributed by atoms with Crippen LogP contribution in [0.15, 0.2) is 10.7 Å². The minimum Gasteiger partial charge on any atom is -0.354 e. The number of carbonyl (C=O) groups is 2. The predicted octanol–water partition coefficient (Wildman–Crippen LogP) is 0.570. The van der Waals surface area contributed by atoms with Gasteiger partial charge >= 0.3 is 0 Å². The van der Waals surface area contributed by atoms with Crippen molar-refractivity contribution >= 4 is 11.8 Å². The largest absolute Gasteiger partial charge is 0.354 e. The maximum absolute atomic E-state index is 12.3. The topological polar surface area (TPSA) is 106 Å². The van der Waals surface area contributed by atoms with Gasteiger partial charge in [-0.1, -0.05) is 10.3 Å². The van der Waals surface area contributed by atoms with Crippen molar-refractivity contribution in [1.82, 2.24) is 30.3 Å². The molecule has 1 saturated heterocycles. The van der Waals surface area contributed by atoms with Gasteiger partial charge in [0.05, 0.1) is 24.1 Å². The average Bonchev–Trinajstić information content (AvgIpc) is 3.08. The van der Waals surface area contributed by atoms with Crippen LogP contribution < -0.4 is 5.32 Å². The predicted molar refractivity (Wildman–Crippen MR) is 92.2 cm³/mol. The van der Waals surface area contributed by atoms with Crippen LogP contribution in [0.2, 0.25) is 0 Å². The summed E-state index contributed by atoms with van der Waals surface area (Å²) in [5.41, 5.74) is 3.20. The van der Waals surface area contributed by atoms with Crippen LogP contribution in [0.1, 0.15) is 35.7 Å². The Bertz CT molecular complexity index is 805. The number of likely N-dealkylation sites (tertiary alicyclic amines) is 1. The van der Waals surface area contributed by atoms with Crippen molar-refractivity contribution < 1.29 is 14.2 Å². The summed E-state index contributed by atoms with van der Waals surface area (Å²) in [4.78, 5) is 26.1. The molecule has 1 unspecified atom stereocenters. The second kappa shape index (κ2) is 7.27. The molecule has 9 nitrogen and oxygen atoms in total. The van der Waals surface area contributed by atoms with Crippen LogP contribution in [0.4, 0.5) is 0 Å². The molecule has 0 radical (unpaired) electrons. The molecule has 26 heavy (non-hydrogen) atoms. The quantitative estimate of drug-likeness (QED) is 0.807. The minimum absolute atomic E-state index is 0.0262. The van der Waals surface area contributed by atoms with E-state index in [0.717, 1.165) is 11.4 Å². The fourth-order valence-corrected chi connectivity index (χ4v) is 3.08. The molecule has 2 aromatic rings. The highest BCUT2D eigenvalue weighted by molar-refractivity contribution is 5.85. The van der Waals surface area contributed by atoms with Crippen molar-refractivity contribution in [3.8, 4) is 0 Å². The summed E-state index contributed by atoms with van der Waals surface area (Å²) in [5, 5.41) is 14.8. The van der Waals surface area contributed by atoms with Gasteiger partial charge in [-0.3, -0.25) is 14.3 Å². The summed E-state index contributed by atoms with van der Waals surface area (Å²) in [7, 11) is 0. The first-order valence-corrected chi connectivity index (χ1v) is 8.71. The molecule has 3 heterocycles. The number of rotatable bonds is 6. The smallest absolute Gasteiger partial charge is 0.228 e. The Kier molecular flexibility index (Phi) is 5.06. The van der Waals surface area contributed by atoms with E-state index in [4.69, 9.17) is 0 Å². The molecule has 1 atom stereocenters. The zero-order valence-electron chi connectivity index (χ0n) is 15.5. The molecular formula is C17H24N6O3. The third-order valence-corrected chi connectivity index (χ3v) is 4.70. The highest BCUT2D eigenvalue weighted by Gasteiger charge is 2.36. The lowest BCUT2D eigenvalue weighted by Crippen LogP contribution is -2.56. The normalized spacial score (nSPS) is 15.6. The van der Waals surface area contributed by atoms with Crippen LogP contribution in [0.5, 0.6) is 0 Å². The fourth-order valence-electron chi connectivity index (χ4n) is 3.08. The number of amides is 2. The molecule has 9 heteroatoms. The van der Waals surface area contributed by atoms with E-state index >= 15 is 0 Å². The molecule has 140 valence electrons. The van der Waals surface area contributed by atoms with Crippen LogP contribution in [0, 0.1) is 26.7 Å². The zero-order chi connectivity index (χ0) is 18.8. The summed E-state index contributed by atoms with van der Waals surface area (Å²) in [5.74, 6) is -0.256. The fraction of sp³-hybridized carbons (Fsp3) is 0.588. The van der Waals surface area contributed by atoms with E-state index < -0.39 is 0 Å². The number of nitrogens with zero attached hydrogens (tertiary/aromatic N) is 5. The van der Waals surface area contributed by atoms with Crippen LogP contribution in [-0.4, -0.2) is 56.4 Å². The Balaban J connectivity index is 1.42. The van der Waals surface area contributed by atoms with Crippen molar-refractivity contribution in [2.24, 2.45) is 5.92 Å². The number of aromatic nitrogens is 4. The van der Waals surface area contributed by atoms with E-state index in [9.17, 15) is 9.59 Å². The van der Waals surface area contributed by atoms with Crippen LogP contribution in [-0.2, 0) is 16.0 Å². The third-order valence-electron chi connectivity index (χ3n) is 4.70. The first kappa shape index (κ1) is 18.1. The molecule has 2 aromatic heterocycles. The lowest BCUT2D eigenvalue weighted by atomic mass is 9.98. The van der Waals surface area contributed by atoms with Gasteiger partial charge in [-0.15, -0.1) is 0 Å². The molecule has 3 rings (SSSR count). The van der Waals surface area contributed by atoms with Crippen molar-refractivity contribution in [3.05, 3.63) is 28.8 Å². The number of hydrogen-bond acceptors (Lipinski definition) is 6. The molecule has 2 amide bonds. The Morgan fingerprint density at radius 3 is 2.62 bits per heavy atom. The van der Waals surface area contributed by atoms with Gasteiger partial charge in [-0.05, 0) is 33.8 Å². The van der Waals surface area contributed by atoms with Crippen molar-refractivity contribution in [3.63, 3.8) is 0 Å². The van der Waals surface area contributed by atoms with Crippen molar-refractivity contribution in [2.45, 2.75) is 40.2 Å². The lowest BCUT2D eigenvalue weighted by molar-refractivity contribution is -0.142. The van der Waals surface area contributed by atoms with Crippen LogP contribution in [0.3, 0.4) is 0 Å². The second-order valence-corrected chi connectivity index (χ2v) is 6.93. The summed E-state index contributed by atoms with van der Waals surface area (Å²) >= 11 is 0. The zero-order valence-corrected chi connectivity index (χ0v) is 15.5. The number of aryl methyl sites for hydroxylation is 3. The Morgan fingerprint density at radius 2 is 2.04 bits per heavy atom. The molecule has 0 aliphatic carbocycles. The SMILES string of the molecule is Cc1cc(C)n(C(C)CNC(=O)C2CN(C(=O)Cc3nonc3C)C2)n1. The highest BCUT2D eigenvalue weighted by atomic mass is 16.6. The van der Waals surface area contributed by atoms with Gasteiger partial charge in [-0.25, -0.2) is 4.63 Å². The number of hydrogen-bond donors (Lipinski definition) is 1. The van der Waals surface area contributed by atoms with E-state index in [1.807, 2.05) is 31.5 Å². The summed E-state index contributed by atoms with van der Waals surface area (Å²) in [6, 6.07) is 2.09. The second-order valence-electron chi connectivity index (χ2n) is 6.93. The van der Waals surface area contributed by atoms with Gasteiger partial charge in [0.2, 0.25) is 11.8 Å². The molecule has 1 N–H and O–H groups in total. The number of carbonyl (C=O) groups excluding carboxylic acids is 2. The van der Waals surface area contributed by atoms with Gasteiger partial charge in [0.1, 0.15) is 11.4 Å². The van der Waals surface area contributed by atoms with Crippen molar-refractivity contribution in [2.75, 3.05) is 19.6 Å². The van der Waals surface area contributed by atoms with E-state index in [-0.39, 0.29) is 30.2 Å². The van der Waals surface area contributed by atoms with Crippen LogP contribution in [0.25, 0.3) is 0 Å². The minimum atomic E-state index is -0.164. The lowest BCUT2D eigenvalue weighted by Gasteiger charge is -2.38. The van der Waals surface area contributed by atoms with Crippen molar-refractivity contribution in [1.29, 1.82) is 0 Å². The van der Waals surface area contributed by atoms with E-state index in [2.05, 4.69) is 25.4 Å². The third kappa shape index (κ3) is 3.76. The maximum Gasteiger partial charge on any atom is 0.228 e. The maximum atomic E-state index is 12.3. The summed E-state index contributed by atoms with van der Waals surface area (Å²) in [6.07, 6.45) is 0.151. The first-order chi connectivity index (χ1) is 12.3. The molecule has 1 aliphatic heterocycles. The standard InChI is InChI=1S/C17H24N6O3/c1-10-5-11(2)23(19-10)12(3)7-18-17(25)14-8-22(9-14)16(24)6-15-13(4)20-26-21-15/h5,12,14H,6-9H2,1-4H3,(H,18,25). The van der Waals surface area contributed by atoms with E-state index in [1.54, 1.807) is 11.8 Å². The van der Waals surface area contributed by atoms with Gasteiger partial charge in [0, 0.05) is 25.3 Å². The van der Waals surface area contributed by atoms with Crippen LogP contribution >= 0.6 is 0 Å². The molecule has 0 spiro atoms. The monoisotopic (exact) mass is 360 g/mol. The Labute approximate surface area is 151 Å². The molecule has 1 fully saturated rings. The Hall–Kier alpha value is -2.71. The Morgan fingerprint density at radius 1 is 1.31 bits per heavy atom. The molecular weight excluding hydrogens is 336 g/mol. The van der Waals surface area contributed by atoms with Gasteiger partial charge in [0.25, 0.3) is 0 Å². The molecule has 0 bridgehead atoms. The average molecular weight is 360 g/mol. The summed E-state index contributed by atoms with van der Waals surface area (Å²) in [6.45, 7) is 9.09. The summed E-state index contributed by atoms with van der Waals surface area (Å²) < 4.78 is 6.51. The number of nitrogens with one attached hydrogen (secondary N) is 1. The van der Waals surface area contributed by atoms with E-state index in [1.165, 1.54) is 0 Å². The highest BCUT2D eigenvalue weighted by Crippen LogP contribution is 2.18. The molecule has 0 saturated carbocycles. The molecule has 0 aromatic carbocycles. The first-order valence-electron chi connectivity index (χ1n) is 8.71.